The van der Waals surface area contributed by atoms with Gasteiger partial charge in [0.05, 0.1) is 6.10 Å². The molecule has 0 bridgehead atoms. The fourth-order valence-corrected chi connectivity index (χ4v) is 2.89. The highest BCUT2D eigenvalue weighted by molar-refractivity contribution is 5.64. The molecule has 0 amide bonds. The van der Waals surface area contributed by atoms with Crippen molar-refractivity contribution in [1.82, 2.24) is 15.0 Å². The Kier molecular flexibility index (Phi) is 7.86. The van der Waals surface area contributed by atoms with E-state index >= 15 is 0 Å². The van der Waals surface area contributed by atoms with Crippen LogP contribution in [0.5, 0.6) is 5.75 Å². The van der Waals surface area contributed by atoms with Crippen LogP contribution in [-0.4, -0.2) is 32.8 Å². The lowest BCUT2D eigenvalue weighted by molar-refractivity contribution is 0.182. The van der Waals surface area contributed by atoms with Gasteiger partial charge in [0.25, 0.3) is 0 Å². The Morgan fingerprint density at radius 1 is 1.00 bits per heavy atom. The van der Waals surface area contributed by atoms with Gasteiger partial charge in [-0.05, 0) is 55.5 Å². The van der Waals surface area contributed by atoms with Crippen LogP contribution in [0.15, 0.2) is 73.7 Å². The largest absolute Gasteiger partial charge is 0.490 e. The maximum atomic E-state index is 9.27. The normalized spacial score (nSPS) is 12.1. The average molecular weight is 402 g/mol. The molecule has 1 aromatic carbocycles. The van der Waals surface area contributed by atoms with E-state index in [0.717, 1.165) is 47.4 Å². The lowest BCUT2D eigenvalue weighted by atomic mass is 10.1. The third-order valence-corrected chi connectivity index (χ3v) is 4.53. The molecule has 0 aliphatic carbocycles. The summed E-state index contributed by atoms with van der Waals surface area (Å²) in [6.07, 6.45) is 13.8. The Balaban J connectivity index is 1.60. The van der Waals surface area contributed by atoms with Crippen LogP contribution in [0, 0.1) is 0 Å². The van der Waals surface area contributed by atoms with Crippen molar-refractivity contribution < 1.29 is 9.84 Å². The molecule has 1 N–H and O–H groups in total. The summed E-state index contributed by atoms with van der Waals surface area (Å²) in [5.74, 6) is 1.40. The van der Waals surface area contributed by atoms with Crippen molar-refractivity contribution in [1.29, 1.82) is 0 Å². The number of hydrogen-bond donors (Lipinski definition) is 1. The van der Waals surface area contributed by atoms with Gasteiger partial charge in [0, 0.05) is 24.2 Å². The second kappa shape index (κ2) is 11.0. The van der Waals surface area contributed by atoms with E-state index in [9.17, 15) is 5.11 Å². The number of hydrogen-bond acceptors (Lipinski definition) is 5. The zero-order chi connectivity index (χ0) is 21.2. The van der Waals surface area contributed by atoms with Crippen molar-refractivity contribution >= 4 is 6.08 Å². The molecule has 0 saturated carbocycles. The van der Waals surface area contributed by atoms with Crippen LogP contribution in [0.1, 0.15) is 31.7 Å². The molecule has 2 aromatic heterocycles. The summed E-state index contributed by atoms with van der Waals surface area (Å²) >= 11 is 0. The Bertz CT molecular complexity index is 947. The number of benzene rings is 1. The SMILES string of the molecule is C=CCOc1ccc(-c2cnc(-c3ccc(C=CCCCC(C)O)cn3)nc2)cc1. The van der Waals surface area contributed by atoms with E-state index in [4.69, 9.17) is 4.74 Å². The van der Waals surface area contributed by atoms with E-state index in [2.05, 4.69) is 27.6 Å². The molecule has 3 rings (SSSR count). The van der Waals surface area contributed by atoms with Crippen LogP contribution in [0.2, 0.25) is 0 Å². The fraction of sp³-hybridized carbons (Fsp3) is 0.240. The summed E-state index contributed by atoms with van der Waals surface area (Å²) in [6, 6.07) is 11.7. The number of aliphatic hydroxyl groups is 1. The first kappa shape index (κ1) is 21.4. The molecule has 0 aliphatic heterocycles. The highest BCUT2D eigenvalue weighted by atomic mass is 16.5. The van der Waals surface area contributed by atoms with Crippen molar-refractivity contribution in [3.8, 4) is 28.4 Å². The van der Waals surface area contributed by atoms with Gasteiger partial charge >= 0.3 is 0 Å². The first-order valence-electron chi connectivity index (χ1n) is 10.1. The Morgan fingerprint density at radius 2 is 1.77 bits per heavy atom. The molecule has 3 aromatic rings. The second-order valence-corrected chi connectivity index (χ2v) is 7.08. The van der Waals surface area contributed by atoms with Crippen molar-refractivity contribution in [3.63, 3.8) is 0 Å². The molecule has 5 heteroatoms. The maximum Gasteiger partial charge on any atom is 0.178 e. The predicted octanol–water partition coefficient (Wildman–Crippen LogP) is 5.33. The molecule has 0 saturated heterocycles. The highest BCUT2D eigenvalue weighted by Crippen LogP contribution is 2.22. The molecule has 5 nitrogen and oxygen atoms in total. The smallest absolute Gasteiger partial charge is 0.178 e. The lowest BCUT2D eigenvalue weighted by Crippen LogP contribution is -1.97. The molecule has 0 radical (unpaired) electrons. The minimum absolute atomic E-state index is 0.235. The van der Waals surface area contributed by atoms with Gasteiger partial charge in [0.15, 0.2) is 5.82 Å². The molecule has 2 heterocycles. The first-order valence-corrected chi connectivity index (χ1v) is 10.1. The van der Waals surface area contributed by atoms with Crippen LogP contribution in [-0.2, 0) is 0 Å². The Labute approximate surface area is 177 Å². The minimum Gasteiger partial charge on any atom is -0.490 e. The second-order valence-electron chi connectivity index (χ2n) is 7.08. The number of allylic oxidation sites excluding steroid dienone is 1. The third kappa shape index (κ3) is 6.36. The number of unbranched alkanes of at least 4 members (excludes halogenated alkanes) is 1. The number of aromatic nitrogens is 3. The molecule has 0 spiro atoms. The molecule has 1 atom stereocenters. The van der Waals surface area contributed by atoms with Gasteiger partial charge in [0.2, 0.25) is 0 Å². The van der Waals surface area contributed by atoms with Crippen LogP contribution >= 0.6 is 0 Å². The molecule has 30 heavy (non-hydrogen) atoms. The van der Waals surface area contributed by atoms with Gasteiger partial charge < -0.3 is 9.84 Å². The van der Waals surface area contributed by atoms with Crippen molar-refractivity contribution in [2.45, 2.75) is 32.3 Å². The average Bonchev–Trinajstić information content (AvgIpc) is 2.78. The van der Waals surface area contributed by atoms with Gasteiger partial charge in [0.1, 0.15) is 18.1 Å². The summed E-state index contributed by atoms with van der Waals surface area (Å²) in [6.45, 7) is 5.95. The molecule has 0 fully saturated rings. The predicted molar refractivity (Wildman–Crippen MR) is 121 cm³/mol. The van der Waals surface area contributed by atoms with E-state index < -0.39 is 0 Å². The summed E-state index contributed by atoms with van der Waals surface area (Å²) < 4.78 is 5.51. The molecule has 1 unspecified atom stereocenters. The number of aliphatic hydroxyl groups excluding tert-OH is 1. The molecule has 0 aliphatic rings. The van der Waals surface area contributed by atoms with Crippen LogP contribution < -0.4 is 4.74 Å². The van der Waals surface area contributed by atoms with E-state index in [1.165, 1.54) is 0 Å². The van der Waals surface area contributed by atoms with Crippen molar-refractivity contribution in [2.75, 3.05) is 6.61 Å². The Hall–Kier alpha value is -3.31. The van der Waals surface area contributed by atoms with Gasteiger partial charge in [-0.1, -0.05) is 43.0 Å². The van der Waals surface area contributed by atoms with E-state index in [1.807, 2.05) is 55.6 Å². The fourth-order valence-electron chi connectivity index (χ4n) is 2.89. The van der Waals surface area contributed by atoms with E-state index in [1.54, 1.807) is 18.5 Å². The monoisotopic (exact) mass is 401 g/mol. The van der Waals surface area contributed by atoms with Gasteiger partial charge in [-0.3, -0.25) is 4.98 Å². The van der Waals surface area contributed by atoms with Crippen molar-refractivity contribution in [2.24, 2.45) is 0 Å². The lowest BCUT2D eigenvalue weighted by Gasteiger charge is -2.06. The van der Waals surface area contributed by atoms with E-state index in [-0.39, 0.29) is 6.10 Å². The maximum absolute atomic E-state index is 9.27. The summed E-state index contributed by atoms with van der Waals surface area (Å²) in [5, 5.41) is 9.27. The summed E-state index contributed by atoms with van der Waals surface area (Å²) in [5.41, 5.74) is 3.73. The van der Waals surface area contributed by atoms with Gasteiger partial charge in [-0.15, -0.1) is 0 Å². The standard InChI is InChI=1S/C25H27N3O2/c1-3-15-30-23-12-10-21(11-13-23)22-17-27-25(28-18-22)24-14-9-20(16-26-24)8-6-4-5-7-19(2)29/h3,6,8-14,16-19,29H,1,4-5,7,15H2,2H3. The Morgan fingerprint density at radius 3 is 2.40 bits per heavy atom. The number of rotatable bonds is 10. The number of nitrogens with zero attached hydrogens (tertiary/aromatic N) is 3. The molecule has 154 valence electrons. The zero-order valence-corrected chi connectivity index (χ0v) is 17.2. The van der Waals surface area contributed by atoms with Crippen LogP contribution in [0.3, 0.4) is 0 Å². The van der Waals surface area contributed by atoms with Gasteiger partial charge in [-0.2, -0.15) is 0 Å². The topological polar surface area (TPSA) is 68.1 Å². The van der Waals surface area contributed by atoms with E-state index in [0.29, 0.717) is 12.4 Å². The number of ether oxygens (including phenoxy) is 1. The number of pyridine rings is 1. The summed E-state index contributed by atoms with van der Waals surface area (Å²) in [7, 11) is 0. The zero-order valence-electron chi connectivity index (χ0n) is 17.2. The molecular formula is C25H27N3O2. The molecular weight excluding hydrogens is 374 g/mol. The van der Waals surface area contributed by atoms with Gasteiger partial charge in [-0.25, -0.2) is 9.97 Å². The minimum atomic E-state index is -0.235. The highest BCUT2D eigenvalue weighted by Gasteiger charge is 2.05. The quantitative estimate of drug-likeness (QED) is 0.367. The summed E-state index contributed by atoms with van der Waals surface area (Å²) in [4.78, 5) is 13.4. The van der Waals surface area contributed by atoms with Crippen molar-refractivity contribution in [3.05, 3.63) is 79.3 Å². The first-order chi connectivity index (χ1) is 14.7. The third-order valence-electron chi connectivity index (χ3n) is 4.53. The van der Waals surface area contributed by atoms with Crippen LogP contribution in [0.25, 0.3) is 28.7 Å². The van der Waals surface area contributed by atoms with Crippen LogP contribution in [0.4, 0.5) is 0 Å².